The van der Waals surface area contributed by atoms with E-state index in [4.69, 9.17) is 4.74 Å². The van der Waals surface area contributed by atoms with Crippen molar-refractivity contribution >= 4 is 0 Å². The van der Waals surface area contributed by atoms with Gasteiger partial charge in [0.05, 0.1) is 7.11 Å². The zero-order valence-corrected chi connectivity index (χ0v) is 14.2. The predicted molar refractivity (Wildman–Crippen MR) is 89.7 cm³/mol. The van der Waals surface area contributed by atoms with E-state index in [1.54, 1.807) is 13.3 Å². The van der Waals surface area contributed by atoms with Gasteiger partial charge < -0.3 is 10.1 Å². The zero-order chi connectivity index (χ0) is 15.5. The lowest BCUT2D eigenvalue weighted by molar-refractivity contribution is 0.336. The highest BCUT2D eigenvalue weighted by molar-refractivity contribution is 5.29. The molecule has 0 aliphatic carbocycles. The second-order valence-electron chi connectivity index (χ2n) is 5.76. The van der Waals surface area contributed by atoms with E-state index < -0.39 is 0 Å². The van der Waals surface area contributed by atoms with Crippen molar-refractivity contribution in [3.05, 3.63) is 23.9 Å². The Kier molecular flexibility index (Phi) is 9.07. The fourth-order valence-corrected chi connectivity index (χ4v) is 2.79. The summed E-state index contributed by atoms with van der Waals surface area (Å²) in [5, 5.41) is 3.68. The number of methoxy groups -OCH3 is 1. The molecule has 0 radical (unpaired) electrons. The fourth-order valence-electron chi connectivity index (χ4n) is 2.79. The van der Waals surface area contributed by atoms with Crippen molar-refractivity contribution in [1.82, 2.24) is 10.3 Å². The van der Waals surface area contributed by atoms with E-state index in [1.165, 1.54) is 37.7 Å². The number of rotatable bonds is 11. The molecule has 0 aromatic carbocycles. The molecule has 2 atom stereocenters. The lowest BCUT2D eigenvalue weighted by atomic mass is 9.89. The third-order valence-electron chi connectivity index (χ3n) is 4.12. The molecule has 0 saturated carbocycles. The number of hydrogen-bond donors (Lipinski definition) is 1. The van der Waals surface area contributed by atoms with Crippen molar-refractivity contribution in [1.29, 1.82) is 0 Å². The van der Waals surface area contributed by atoms with Crippen LogP contribution in [0.25, 0.3) is 0 Å². The summed E-state index contributed by atoms with van der Waals surface area (Å²) in [4.78, 5) is 4.36. The summed E-state index contributed by atoms with van der Waals surface area (Å²) >= 11 is 0. The molecule has 1 heterocycles. The third kappa shape index (κ3) is 6.04. The Morgan fingerprint density at radius 2 is 2.05 bits per heavy atom. The summed E-state index contributed by atoms with van der Waals surface area (Å²) in [6.07, 6.45) is 9.27. The molecule has 21 heavy (non-hydrogen) atoms. The summed E-state index contributed by atoms with van der Waals surface area (Å²) in [6, 6.07) is 4.49. The molecular weight excluding hydrogens is 260 g/mol. The second kappa shape index (κ2) is 10.6. The van der Waals surface area contributed by atoms with Gasteiger partial charge in [-0.05, 0) is 31.4 Å². The van der Waals surface area contributed by atoms with Crippen LogP contribution in [-0.2, 0) is 0 Å². The standard InChI is InChI=1S/C18H32N2O/c1-5-8-10-15(7-3)14-17(19-12-6-2)16-11-9-13-20-18(16)21-4/h9,11,13,15,17,19H,5-8,10,12,14H2,1-4H3. The smallest absolute Gasteiger partial charge is 0.217 e. The Hall–Kier alpha value is -1.09. The SMILES string of the molecule is CCCCC(CC)CC(NCCC)c1cccnc1OC. The molecule has 1 aromatic rings. The number of ether oxygens (including phenoxy) is 1. The Labute approximate surface area is 130 Å². The molecule has 120 valence electrons. The van der Waals surface area contributed by atoms with Crippen LogP contribution in [0, 0.1) is 5.92 Å². The van der Waals surface area contributed by atoms with E-state index in [2.05, 4.69) is 37.1 Å². The molecule has 0 bridgehead atoms. The van der Waals surface area contributed by atoms with Crippen molar-refractivity contribution in [3.8, 4) is 5.88 Å². The summed E-state index contributed by atoms with van der Waals surface area (Å²) in [6.45, 7) is 7.81. The number of aromatic nitrogens is 1. The van der Waals surface area contributed by atoms with E-state index >= 15 is 0 Å². The van der Waals surface area contributed by atoms with Crippen LogP contribution >= 0.6 is 0 Å². The molecule has 2 unspecified atom stereocenters. The maximum absolute atomic E-state index is 5.45. The highest BCUT2D eigenvalue weighted by atomic mass is 16.5. The van der Waals surface area contributed by atoms with Crippen molar-refractivity contribution in [2.45, 2.75) is 65.3 Å². The van der Waals surface area contributed by atoms with Crippen LogP contribution in [0.1, 0.15) is 70.9 Å². The van der Waals surface area contributed by atoms with Gasteiger partial charge in [-0.25, -0.2) is 4.98 Å². The number of unbranched alkanes of at least 4 members (excludes halogenated alkanes) is 1. The summed E-state index contributed by atoms with van der Waals surface area (Å²) < 4.78 is 5.45. The summed E-state index contributed by atoms with van der Waals surface area (Å²) in [7, 11) is 1.71. The molecule has 1 N–H and O–H groups in total. The quantitative estimate of drug-likeness (QED) is 0.640. The molecule has 0 amide bonds. The van der Waals surface area contributed by atoms with E-state index in [0.717, 1.165) is 24.8 Å². The predicted octanol–water partition coefficient (Wildman–Crippen LogP) is 4.74. The van der Waals surface area contributed by atoms with Crippen LogP contribution in [0.4, 0.5) is 0 Å². The van der Waals surface area contributed by atoms with Gasteiger partial charge in [0.25, 0.3) is 0 Å². The van der Waals surface area contributed by atoms with Gasteiger partial charge >= 0.3 is 0 Å². The first-order valence-electron chi connectivity index (χ1n) is 8.48. The fraction of sp³-hybridized carbons (Fsp3) is 0.722. The van der Waals surface area contributed by atoms with Crippen LogP contribution in [0.5, 0.6) is 5.88 Å². The van der Waals surface area contributed by atoms with Crippen molar-refractivity contribution < 1.29 is 4.74 Å². The summed E-state index contributed by atoms with van der Waals surface area (Å²) in [5.74, 6) is 1.53. The lowest BCUT2D eigenvalue weighted by Gasteiger charge is -2.25. The number of pyridine rings is 1. The second-order valence-corrected chi connectivity index (χ2v) is 5.76. The Morgan fingerprint density at radius 3 is 2.67 bits per heavy atom. The number of hydrogen-bond acceptors (Lipinski definition) is 3. The minimum Gasteiger partial charge on any atom is -0.481 e. The molecule has 1 rings (SSSR count). The maximum Gasteiger partial charge on any atom is 0.217 e. The number of nitrogens with zero attached hydrogens (tertiary/aromatic N) is 1. The number of nitrogens with one attached hydrogen (secondary N) is 1. The third-order valence-corrected chi connectivity index (χ3v) is 4.12. The first-order valence-corrected chi connectivity index (χ1v) is 8.48. The molecule has 0 spiro atoms. The van der Waals surface area contributed by atoms with E-state index in [-0.39, 0.29) is 0 Å². The lowest BCUT2D eigenvalue weighted by Crippen LogP contribution is -2.25. The van der Waals surface area contributed by atoms with Crippen LogP contribution in [0.15, 0.2) is 18.3 Å². The highest BCUT2D eigenvalue weighted by Crippen LogP contribution is 2.30. The van der Waals surface area contributed by atoms with Crippen molar-refractivity contribution in [3.63, 3.8) is 0 Å². The first kappa shape index (κ1) is 18.0. The average molecular weight is 292 g/mol. The zero-order valence-electron chi connectivity index (χ0n) is 14.2. The molecule has 3 heteroatoms. The largest absolute Gasteiger partial charge is 0.481 e. The molecule has 3 nitrogen and oxygen atoms in total. The molecule has 0 saturated heterocycles. The summed E-state index contributed by atoms with van der Waals surface area (Å²) in [5.41, 5.74) is 1.20. The molecule has 1 aromatic heterocycles. The van der Waals surface area contributed by atoms with Gasteiger partial charge in [0, 0.05) is 17.8 Å². The highest BCUT2D eigenvalue weighted by Gasteiger charge is 2.20. The minimum absolute atomic E-state index is 0.343. The van der Waals surface area contributed by atoms with Gasteiger partial charge in [-0.1, -0.05) is 52.5 Å². The monoisotopic (exact) mass is 292 g/mol. The Balaban J connectivity index is 2.83. The first-order chi connectivity index (χ1) is 10.3. The maximum atomic E-state index is 5.45. The Morgan fingerprint density at radius 1 is 1.24 bits per heavy atom. The minimum atomic E-state index is 0.343. The van der Waals surface area contributed by atoms with Gasteiger partial charge in [-0.15, -0.1) is 0 Å². The molecule has 0 aliphatic heterocycles. The average Bonchev–Trinajstić information content (AvgIpc) is 2.54. The van der Waals surface area contributed by atoms with Gasteiger partial charge in [0.15, 0.2) is 0 Å². The molecule has 0 fully saturated rings. The topological polar surface area (TPSA) is 34.2 Å². The van der Waals surface area contributed by atoms with Crippen molar-refractivity contribution in [2.24, 2.45) is 5.92 Å². The van der Waals surface area contributed by atoms with Crippen LogP contribution < -0.4 is 10.1 Å². The molecule has 0 aliphatic rings. The van der Waals surface area contributed by atoms with Gasteiger partial charge in [-0.2, -0.15) is 0 Å². The van der Waals surface area contributed by atoms with Crippen LogP contribution in [-0.4, -0.2) is 18.6 Å². The van der Waals surface area contributed by atoms with Gasteiger partial charge in [0.1, 0.15) is 0 Å². The molecular formula is C18H32N2O. The normalized spacial score (nSPS) is 13.9. The van der Waals surface area contributed by atoms with Crippen molar-refractivity contribution in [2.75, 3.05) is 13.7 Å². The van der Waals surface area contributed by atoms with E-state index in [0.29, 0.717) is 6.04 Å². The van der Waals surface area contributed by atoms with E-state index in [1.807, 2.05) is 6.07 Å². The van der Waals surface area contributed by atoms with Crippen LogP contribution in [0.2, 0.25) is 0 Å². The van der Waals surface area contributed by atoms with Gasteiger partial charge in [0.2, 0.25) is 5.88 Å². The Bertz CT molecular complexity index is 381. The van der Waals surface area contributed by atoms with Gasteiger partial charge in [-0.3, -0.25) is 0 Å². The van der Waals surface area contributed by atoms with E-state index in [9.17, 15) is 0 Å². The van der Waals surface area contributed by atoms with Crippen LogP contribution in [0.3, 0.4) is 0 Å².